The van der Waals surface area contributed by atoms with Crippen LogP contribution in [0.4, 0.5) is 10.5 Å². The van der Waals surface area contributed by atoms with Crippen molar-refractivity contribution in [1.82, 2.24) is 0 Å². The summed E-state index contributed by atoms with van der Waals surface area (Å²) in [4.78, 5) is 14.4. The predicted octanol–water partition coefficient (Wildman–Crippen LogP) is 2.31. The molecule has 0 aliphatic heterocycles. The van der Waals surface area contributed by atoms with Gasteiger partial charge in [-0.15, -0.1) is 0 Å². The van der Waals surface area contributed by atoms with E-state index in [-0.39, 0.29) is 6.03 Å². The average Bonchev–Trinajstić information content (AvgIpc) is 2.06. The van der Waals surface area contributed by atoms with Crippen LogP contribution < -0.4 is 5.32 Å². The van der Waals surface area contributed by atoms with Crippen molar-refractivity contribution in [2.45, 2.75) is 6.92 Å². The molecule has 3 nitrogen and oxygen atoms in total. The SMILES string of the molecule is C/C=N/C(=O)Nc1ccccc1. The number of nitrogens with zero attached hydrogens (tertiary/aromatic N) is 1. The Morgan fingerprint density at radius 3 is 2.67 bits per heavy atom. The third-order valence-electron chi connectivity index (χ3n) is 1.27. The van der Waals surface area contributed by atoms with E-state index in [1.807, 2.05) is 30.3 Å². The molecule has 3 heteroatoms. The van der Waals surface area contributed by atoms with E-state index in [1.165, 1.54) is 6.21 Å². The van der Waals surface area contributed by atoms with Gasteiger partial charge in [-0.1, -0.05) is 18.2 Å². The molecular weight excluding hydrogens is 152 g/mol. The molecular formula is C9H10N2O. The number of nitrogens with one attached hydrogen (secondary N) is 1. The molecule has 0 heterocycles. The summed E-state index contributed by atoms with van der Waals surface area (Å²) in [5.41, 5.74) is 0.758. The molecule has 0 bridgehead atoms. The van der Waals surface area contributed by atoms with Crippen LogP contribution in [0.25, 0.3) is 0 Å². The molecule has 0 atom stereocenters. The van der Waals surface area contributed by atoms with E-state index in [1.54, 1.807) is 6.92 Å². The van der Waals surface area contributed by atoms with Gasteiger partial charge in [-0.2, -0.15) is 0 Å². The Kier molecular flexibility index (Phi) is 3.02. The molecule has 1 aromatic rings. The van der Waals surface area contributed by atoms with E-state index < -0.39 is 0 Å². The fraction of sp³-hybridized carbons (Fsp3) is 0.111. The summed E-state index contributed by atoms with van der Waals surface area (Å²) >= 11 is 0. The summed E-state index contributed by atoms with van der Waals surface area (Å²) in [5, 5.41) is 2.61. The highest BCUT2D eigenvalue weighted by atomic mass is 16.2. The Balaban J connectivity index is 2.59. The summed E-state index contributed by atoms with van der Waals surface area (Å²) in [6, 6.07) is 8.87. The van der Waals surface area contributed by atoms with Gasteiger partial charge in [0.25, 0.3) is 0 Å². The Morgan fingerprint density at radius 1 is 1.42 bits per heavy atom. The van der Waals surface area contributed by atoms with E-state index in [0.717, 1.165) is 5.69 Å². The number of carbonyl (C=O) groups is 1. The maximum Gasteiger partial charge on any atom is 0.345 e. The predicted molar refractivity (Wildman–Crippen MR) is 49.6 cm³/mol. The minimum atomic E-state index is -0.344. The van der Waals surface area contributed by atoms with E-state index in [4.69, 9.17) is 0 Å². The van der Waals surface area contributed by atoms with Crippen molar-refractivity contribution in [3.63, 3.8) is 0 Å². The Hall–Kier alpha value is -1.64. The van der Waals surface area contributed by atoms with Gasteiger partial charge in [0, 0.05) is 11.9 Å². The second-order valence-corrected chi connectivity index (χ2v) is 2.18. The van der Waals surface area contributed by atoms with Crippen LogP contribution in [-0.2, 0) is 0 Å². The molecule has 1 aromatic carbocycles. The smallest absolute Gasteiger partial charge is 0.306 e. The number of anilines is 1. The Labute approximate surface area is 71.1 Å². The second-order valence-electron chi connectivity index (χ2n) is 2.18. The van der Waals surface area contributed by atoms with E-state index in [9.17, 15) is 4.79 Å². The number of hydrogen-bond acceptors (Lipinski definition) is 1. The molecule has 0 spiro atoms. The van der Waals surface area contributed by atoms with Crippen molar-refractivity contribution in [3.8, 4) is 0 Å². The zero-order valence-corrected chi connectivity index (χ0v) is 6.82. The van der Waals surface area contributed by atoms with Crippen LogP contribution in [-0.4, -0.2) is 12.2 Å². The Bertz CT molecular complexity index is 280. The van der Waals surface area contributed by atoms with Gasteiger partial charge in [-0.3, -0.25) is 0 Å². The lowest BCUT2D eigenvalue weighted by Crippen LogP contribution is -2.05. The summed E-state index contributed by atoms with van der Waals surface area (Å²) < 4.78 is 0. The van der Waals surface area contributed by atoms with E-state index in [2.05, 4.69) is 10.3 Å². The van der Waals surface area contributed by atoms with Crippen molar-refractivity contribution in [1.29, 1.82) is 0 Å². The van der Waals surface area contributed by atoms with Crippen molar-refractivity contribution < 1.29 is 4.79 Å². The van der Waals surface area contributed by atoms with Gasteiger partial charge >= 0.3 is 6.03 Å². The molecule has 1 N–H and O–H groups in total. The highest BCUT2D eigenvalue weighted by Crippen LogP contribution is 2.04. The van der Waals surface area contributed by atoms with Crippen LogP contribution >= 0.6 is 0 Å². The zero-order valence-electron chi connectivity index (χ0n) is 6.82. The molecule has 0 aliphatic carbocycles. The molecule has 0 fully saturated rings. The molecule has 0 saturated heterocycles. The average molecular weight is 162 g/mol. The quantitative estimate of drug-likeness (QED) is 0.632. The molecule has 1 rings (SSSR count). The van der Waals surface area contributed by atoms with Crippen LogP contribution in [0.5, 0.6) is 0 Å². The number of aliphatic imine (C=N–C) groups is 1. The van der Waals surface area contributed by atoms with Crippen molar-refractivity contribution >= 4 is 17.9 Å². The number of amides is 2. The van der Waals surface area contributed by atoms with Crippen LogP contribution in [0.1, 0.15) is 6.92 Å². The second kappa shape index (κ2) is 4.28. The third-order valence-corrected chi connectivity index (χ3v) is 1.27. The van der Waals surface area contributed by atoms with Gasteiger partial charge in [0.15, 0.2) is 0 Å². The highest BCUT2D eigenvalue weighted by molar-refractivity contribution is 5.94. The topological polar surface area (TPSA) is 41.5 Å². The molecule has 0 unspecified atom stereocenters. The van der Waals surface area contributed by atoms with Crippen LogP contribution in [0.15, 0.2) is 35.3 Å². The van der Waals surface area contributed by atoms with Crippen molar-refractivity contribution in [2.75, 3.05) is 5.32 Å². The van der Waals surface area contributed by atoms with Crippen molar-refractivity contribution in [3.05, 3.63) is 30.3 Å². The molecule has 0 aromatic heterocycles. The first-order chi connectivity index (χ1) is 5.83. The van der Waals surface area contributed by atoms with Crippen LogP contribution in [0.2, 0.25) is 0 Å². The molecule has 2 amide bonds. The first-order valence-corrected chi connectivity index (χ1v) is 3.67. The normalized spacial score (nSPS) is 10.1. The fourth-order valence-corrected chi connectivity index (χ4v) is 0.794. The first kappa shape index (κ1) is 8.46. The number of carbonyl (C=O) groups excluding carboxylic acids is 1. The minimum absolute atomic E-state index is 0.344. The van der Waals surface area contributed by atoms with Gasteiger partial charge in [-0.25, -0.2) is 9.79 Å². The van der Waals surface area contributed by atoms with Gasteiger partial charge in [0.2, 0.25) is 0 Å². The van der Waals surface area contributed by atoms with Gasteiger partial charge < -0.3 is 5.32 Å². The minimum Gasteiger partial charge on any atom is -0.306 e. The maximum absolute atomic E-state index is 10.9. The number of para-hydroxylation sites is 1. The zero-order chi connectivity index (χ0) is 8.81. The fourth-order valence-electron chi connectivity index (χ4n) is 0.794. The maximum atomic E-state index is 10.9. The number of urea groups is 1. The van der Waals surface area contributed by atoms with Crippen LogP contribution in [0.3, 0.4) is 0 Å². The highest BCUT2D eigenvalue weighted by Gasteiger charge is 1.94. The number of benzene rings is 1. The van der Waals surface area contributed by atoms with E-state index >= 15 is 0 Å². The van der Waals surface area contributed by atoms with Gasteiger partial charge in [0.05, 0.1) is 0 Å². The molecule has 12 heavy (non-hydrogen) atoms. The number of rotatable bonds is 1. The van der Waals surface area contributed by atoms with E-state index in [0.29, 0.717) is 0 Å². The monoisotopic (exact) mass is 162 g/mol. The van der Waals surface area contributed by atoms with Crippen LogP contribution in [0, 0.1) is 0 Å². The van der Waals surface area contributed by atoms with Gasteiger partial charge in [0.1, 0.15) is 0 Å². The first-order valence-electron chi connectivity index (χ1n) is 3.67. The van der Waals surface area contributed by atoms with Gasteiger partial charge in [-0.05, 0) is 19.1 Å². The van der Waals surface area contributed by atoms with Crippen molar-refractivity contribution in [2.24, 2.45) is 4.99 Å². The molecule has 0 aliphatic rings. The molecule has 62 valence electrons. The summed E-state index contributed by atoms with van der Waals surface area (Å²) in [6.45, 7) is 1.70. The number of hydrogen-bond donors (Lipinski definition) is 1. The molecule has 0 radical (unpaired) electrons. The summed E-state index contributed by atoms with van der Waals surface area (Å²) in [7, 11) is 0. The summed E-state index contributed by atoms with van der Waals surface area (Å²) in [6.07, 6.45) is 1.46. The molecule has 0 saturated carbocycles. The Morgan fingerprint density at radius 2 is 2.08 bits per heavy atom. The summed E-state index contributed by atoms with van der Waals surface area (Å²) in [5.74, 6) is 0. The lowest BCUT2D eigenvalue weighted by molar-refractivity contribution is 0.259. The standard InChI is InChI=1S/C9H10N2O/c1-2-10-9(12)11-8-6-4-3-5-7-8/h2-7H,1H3,(H,11,12)/b10-2+. The lowest BCUT2D eigenvalue weighted by Gasteiger charge is -1.98. The largest absolute Gasteiger partial charge is 0.345 e. The third kappa shape index (κ3) is 2.54. The lowest BCUT2D eigenvalue weighted by atomic mass is 10.3.